The van der Waals surface area contributed by atoms with Crippen LogP contribution in [0.25, 0.3) is 0 Å². The van der Waals surface area contributed by atoms with E-state index in [9.17, 15) is 18.0 Å². The normalized spacial score (nSPS) is 13.2. The highest BCUT2D eigenvalue weighted by Gasteiger charge is 2.32. The molecule has 0 amide bonds. The second kappa shape index (κ2) is 12.2. The van der Waals surface area contributed by atoms with Crippen LogP contribution in [0, 0.1) is 5.41 Å². The highest BCUT2D eigenvalue weighted by Crippen LogP contribution is 2.33. The van der Waals surface area contributed by atoms with Crippen LogP contribution in [-0.2, 0) is 22.2 Å². The Morgan fingerprint density at radius 2 is 1.63 bits per heavy atom. The molecule has 0 saturated carbocycles. The van der Waals surface area contributed by atoms with E-state index in [4.69, 9.17) is 10.6 Å². The molecule has 0 aliphatic carbocycles. The third kappa shape index (κ3) is 10.3. The van der Waals surface area contributed by atoms with E-state index in [1.54, 1.807) is 6.07 Å². The fraction of sp³-hybridized carbons (Fsp3) is 0.696. The van der Waals surface area contributed by atoms with E-state index in [2.05, 4.69) is 12.4 Å². The summed E-state index contributed by atoms with van der Waals surface area (Å²) in [5.41, 5.74) is 8.01. The van der Waals surface area contributed by atoms with Crippen LogP contribution >= 0.6 is 0 Å². The van der Waals surface area contributed by atoms with Crippen molar-refractivity contribution in [2.45, 2.75) is 97.7 Å². The number of nitrogens with two attached hydrogens (primary N) is 1. The zero-order chi connectivity index (χ0) is 22.8. The van der Waals surface area contributed by atoms with Crippen molar-refractivity contribution in [1.82, 2.24) is 0 Å². The van der Waals surface area contributed by atoms with Crippen molar-refractivity contribution in [3.63, 3.8) is 0 Å². The summed E-state index contributed by atoms with van der Waals surface area (Å²) in [7, 11) is 0. The lowest BCUT2D eigenvalue weighted by molar-refractivity contribution is -0.140. The fourth-order valence-corrected chi connectivity index (χ4v) is 2.99. The van der Waals surface area contributed by atoms with E-state index < -0.39 is 17.7 Å². The minimum absolute atomic E-state index is 0.0915. The number of anilines is 1. The second-order valence-corrected chi connectivity index (χ2v) is 9.04. The summed E-state index contributed by atoms with van der Waals surface area (Å²) in [4.78, 5) is 16.9. The molecule has 0 radical (unpaired) electrons. The van der Waals surface area contributed by atoms with Gasteiger partial charge in [-0.2, -0.15) is 13.2 Å². The van der Waals surface area contributed by atoms with Crippen LogP contribution in [-0.4, -0.2) is 12.0 Å². The molecule has 7 heteroatoms. The zero-order valence-electron chi connectivity index (χ0n) is 18.7. The molecule has 1 atom stereocenters. The maximum atomic E-state index is 13.3. The number of carbonyl (C=O) groups is 1. The zero-order valence-corrected chi connectivity index (χ0v) is 18.7. The van der Waals surface area contributed by atoms with Crippen molar-refractivity contribution in [1.29, 1.82) is 0 Å². The van der Waals surface area contributed by atoms with Gasteiger partial charge < -0.3 is 10.6 Å². The molecule has 1 aromatic carbocycles. The van der Waals surface area contributed by atoms with Crippen LogP contribution in [0.3, 0.4) is 0 Å². The van der Waals surface area contributed by atoms with E-state index in [1.807, 2.05) is 20.8 Å². The molecule has 1 rings (SSSR count). The Labute approximate surface area is 178 Å². The molecule has 0 saturated heterocycles. The summed E-state index contributed by atoms with van der Waals surface area (Å²) in [6, 6.07) is 3.26. The van der Waals surface area contributed by atoms with Gasteiger partial charge in [0.2, 0.25) is 0 Å². The van der Waals surface area contributed by atoms with Crippen LogP contribution in [0.5, 0.6) is 0 Å². The van der Waals surface area contributed by atoms with Crippen molar-refractivity contribution in [2.24, 2.45) is 11.1 Å². The van der Waals surface area contributed by atoms with Gasteiger partial charge in [0.15, 0.2) is 0 Å². The standard InChI is InChI=1S/C23H37F3N2O2/c1-5-6-7-8-9-10-11-12-21(29)30-28-19-14-17(15-20(27)22(2,3)4)13-18(16-19)23(24,25)26/h13-14,16,20,28H,5-12,15,27H2,1-4H3. The summed E-state index contributed by atoms with van der Waals surface area (Å²) in [6.45, 7) is 7.98. The summed E-state index contributed by atoms with van der Waals surface area (Å²) >= 11 is 0. The molecule has 0 bridgehead atoms. The van der Waals surface area contributed by atoms with Crippen molar-refractivity contribution >= 4 is 11.7 Å². The smallest absolute Gasteiger partial charge is 0.343 e. The van der Waals surface area contributed by atoms with Crippen LogP contribution in [0.1, 0.15) is 90.2 Å². The quantitative estimate of drug-likeness (QED) is 0.288. The molecule has 0 fully saturated rings. The molecule has 0 heterocycles. The largest absolute Gasteiger partial charge is 0.416 e. The van der Waals surface area contributed by atoms with Crippen molar-refractivity contribution in [2.75, 3.05) is 5.48 Å². The summed E-state index contributed by atoms with van der Waals surface area (Å²) < 4.78 is 39.8. The van der Waals surface area contributed by atoms with Gasteiger partial charge in [-0.05, 0) is 42.0 Å². The number of carbonyl (C=O) groups excluding carboxylic acids is 1. The lowest BCUT2D eigenvalue weighted by atomic mass is 9.83. The molecule has 0 aromatic heterocycles. The molecule has 1 unspecified atom stereocenters. The third-order valence-electron chi connectivity index (χ3n) is 5.16. The van der Waals surface area contributed by atoms with Crippen LogP contribution < -0.4 is 11.2 Å². The minimum atomic E-state index is -4.50. The highest BCUT2D eigenvalue weighted by molar-refractivity contribution is 5.70. The number of nitrogens with one attached hydrogen (secondary N) is 1. The van der Waals surface area contributed by atoms with Crippen LogP contribution in [0.4, 0.5) is 18.9 Å². The Hall–Kier alpha value is -1.76. The predicted octanol–water partition coefficient (Wildman–Crippen LogP) is 6.63. The van der Waals surface area contributed by atoms with E-state index >= 15 is 0 Å². The number of benzene rings is 1. The molecule has 0 spiro atoms. The van der Waals surface area contributed by atoms with Crippen molar-refractivity contribution in [3.05, 3.63) is 29.3 Å². The van der Waals surface area contributed by atoms with Gasteiger partial charge in [-0.1, -0.05) is 66.2 Å². The van der Waals surface area contributed by atoms with Gasteiger partial charge in [0, 0.05) is 12.5 Å². The monoisotopic (exact) mass is 430 g/mol. The SMILES string of the molecule is CCCCCCCCCC(=O)ONc1cc(CC(N)C(C)(C)C)cc(C(F)(F)F)c1. The number of hydrogen-bond donors (Lipinski definition) is 2. The molecule has 172 valence electrons. The maximum Gasteiger partial charge on any atom is 0.416 e. The molecular weight excluding hydrogens is 393 g/mol. The van der Waals surface area contributed by atoms with Crippen LogP contribution in [0.15, 0.2) is 18.2 Å². The van der Waals surface area contributed by atoms with Gasteiger partial charge in [-0.3, -0.25) is 0 Å². The van der Waals surface area contributed by atoms with E-state index in [0.29, 0.717) is 12.0 Å². The van der Waals surface area contributed by atoms with Crippen molar-refractivity contribution < 1.29 is 22.8 Å². The first kappa shape index (κ1) is 26.3. The topological polar surface area (TPSA) is 64.3 Å². The number of rotatable bonds is 12. The summed E-state index contributed by atoms with van der Waals surface area (Å²) in [5.74, 6) is -0.478. The second-order valence-electron chi connectivity index (χ2n) is 9.04. The first-order chi connectivity index (χ1) is 13.9. The predicted molar refractivity (Wildman–Crippen MR) is 115 cm³/mol. The third-order valence-corrected chi connectivity index (χ3v) is 5.16. The Kier molecular flexibility index (Phi) is 10.7. The molecule has 30 heavy (non-hydrogen) atoms. The summed E-state index contributed by atoms with van der Waals surface area (Å²) in [5, 5.41) is 0. The van der Waals surface area contributed by atoms with Gasteiger partial charge >= 0.3 is 12.1 Å². The molecular formula is C23H37F3N2O2. The first-order valence-electron chi connectivity index (χ1n) is 10.9. The van der Waals surface area contributed by atoms with Gasteiger partial charge in [0.25, 0.3) is 0 Å². The van der Waals surface area contributed by atoms with Gasteiger partial charge in [-0.15, -0.1) is 0 Å². The molecule has 0 aliphatic heterocycles. The number of unbranched alkanes of at least 4 members (excludes halogenated alkanes) is 6. The molecule has 3 N–H and O–H groups in total. The minimum Gasteiger partial charge on any atom is -0.343 e. The Bertz CT molecular complexity index is 655. The molecule has 0 aliphatic rings. The highest BCUT2D eigenvalue weighted by atomic mass is 19.4. The van der Waals surface area contributed by atoms with Gasteiger partial charge in [0.05, 0.1) is 11.3 Å². The average molecular weight is 431 g/mol. The van der Waals surface area contributed by atoms with Gasteiger partial charge in [0.1, 0.15) is 0 Å². The lowest BCUT2D eigenvalue weighted by Crippen LogP contribution is -2.37. The fourth-order valence-electron chi connectivity index (χ4n) is 2.99. The number of hydrogen-bond acceptors (Lipinski definition) is 4. The molecule has 1 aromatic rings. The average Bonchev–Trinajstić information content (AvgIpc) is 2.64. The Morgan fingerprint density at radius 1 is 1.03 bits per heavy atom. The van der Waals surface area contributed by atoms with Crippen LogP contribution in [0.2, 0.25) is 0 Å². The lowest BCUT2D eigenvalue weighted by Gasteiger charge is -2.27. The maximum absolute atomic E-state index is 13.3. The van der Waals surface area contributed by atoms with E-state index in [-0.39, 0.29) is 30.0 Å². The first-order valence-corrected chi connectivity index (χ1v) is 10.9. The van der Waals surface area contributed by atoms with Crippen molar-refractivity contribution in [3.8, 4) is 0 Å². The Balaban J connectivity index is 2.63. The Morgan fingerprint density at radius 3 is 2.20 bits per heavy atom. The number of alkyl halides is 3. The van der Waals surface area contributed by atoms with Gasteiger partial charge in [-0.25, -0.2) is 10.3 Å². The number of halogens is 3. The van der Waals surface area contributed by atoms with E-state index in [1.165, 1.54) is 19.3 Å². The van der Waals surface area contributed by atoms with E-state index in [0.717, 1.165) is 31.4 Å². The molecule has 4 nitrogen and oxygen atoms in total. The summed E-state index contributed by atoms with van der Waals surface area (Å²) in [6.07, 6.45) is 3.53.